The van der Waals surface area contributed by atoms with Gasteiger partial charge in [0, 0.05) is 38.8 Å². The third-order valence-corrected chi connectivity index (χ3v) is 5.31. The second kappa shape index (κ2) is 8.93. The van der Waals surface area contributed by atoms with Gasteiger partial charge >= 0.3 is 5.76 Å². The molecule has 8 nitrogen and oxygen atoms in total. The maximum Gasteiger partial charge on any atom is 0.417 e. The SMILES string of the molecule is COc1ccc(C#N)cc1OCCCN1CCN(c2cccc3[nH]c(=O)oc23)CC1. The minimum Gasteiger partial charge on any atom is -0.493 e. The number of piperazine rings is 1. The molecule has 1 fully saturated rings. The molecule has 156 valence electrons. The number of hydrogen-bond acceptors (Lipinski definition) is 7. The molecule has 2 heterocycles. The van der Waals surface area contributed by atoms with Gasteiger partial charge in [-0.15, -0.1) is 0 Å². The van der Waals surface area contributed by atoms with E-state index in [2.05, 4.69) is 20.9 Å². The zero-order valence-electron chi connectivity index (χ0n) is 16.9. The quantitative estimate of drug-likeness (QED) is 0.601. The topological polar surface area (TPSA) is 94.7 Å². The molecule has 2 aromatic carbocycles. The highest BCUT2D eigenvalue weighted by Crippen LogP contribution is 2.28. The van der Waals surface area contributed by atoms with E-state index in [0.29, 0.717) is 29.3 Å². The fourth-order valence-electron chi connectivity index (χ4n) is 3.75. The third-order valence-electron chi connectivity index (χ3n) is 5.31. The summed E-state index contributed by atoms with van der Waals surface area (Å²) < 4.78 is 16.5. The van der Waals surface area contributed by atoms with Crippen LogP contribution in [0.4, 0.5) is 5.69 Å². The number of rotatable bonds is 7. The standard InChI is InChI=1S/C22H24N4O4/c1-28-19-7-6-16(15-23)14-20(19)29-13-3-8-25-9-11-26(12-10-25)18-5-2-4-17-21(18)30-22(27)24-17/h2,4-7,14H,3,8-13H2,1H3,(H,24,27). The lowest BCUT2D eigenvalue weighted by molar-refractivity contribution is 0.221. The van der Waals surface area contributed by atoms with Crippen molar-refractivity contribution in [3.8, 4) is 17.6 Å². The van der Waals surface area contributed by atoms with Crippen molar-refractivity contribution in [2.24, 2.45) is 0 Å². The molecule has 4 rings (SSSR count). The van der Waals surface area contributed by atoms with Crippen molar-refractivity contribution in [2.45, 2.75) is 6.42 Å². The predicted octanol–water partition coefficient (Wildman–Crippen LogP) is 2.59. The van der Waals surface area contributed by atoms with Crippen LogP contribution in [0.15, 0.2) is 45.6 Å². The molecule has 0 bridgehead atoms. The van der Waals surface area contributed by atoms with Crippen LogP contribution in [0, 0.1) is 11.3 Å². The molecule has 0 radical (unpaired) electrons. The number of hydrogen-bond donors (Lipinski definition) is 1. The molecule has 30 heavy (non-hydrogen) atoms. The van der Waals surface area contributed by atoms with E-state index in [-0.39, 0.29) is 0 Å². The highest BCUT2D eigenvalue weighted by molar-refractivity contribution is 5.86. The Hall–Kier alpha value is -3.44. The average Bonchev–Trinajstić information content (AvgIpc) is 3.17. The smallest absolute Gasteiger partial charge is 0.417 e. The first-order valence-corrected chi connectivity index (χ1v) is 9.98. The van der Waals surface area contributed by atoms with Crippen LogP contribution in [0.3, 0.4) is 0 Å². The number of aromatic amines is 1. The number of benzene rings is 2. The van der Waals surface area contributed by atoms with Gasteiger partial charge in [-0.1, -0.05) is 6.07 Å². The summed E-state index contributed by atoms with van der Waals surface area (Å²) in [5, 5.41) is 9.05. The summed E-state index contributed by atoms with van der Waals surface area (Å²) in [6.07, 6.45) is 0.877. The second-order valence-corrected chi connectivity index (χ2v) is 7.18. The van der Waals surface area contributed by atoms with Gasteiger partial charge in [0.25, 0.3) is 0 Å². The summed E-state index contributed by atoms with van der Waals surface area (Å²) in [6.45, 7) is 5.08. The Bertz CT molecular complexity index is 1110. The number of anilines is 1. The number of ether oxygens (including phenoxy) is 2. The summed E-state index contributed by atoms with van der Waals surface area (Å²) in [6, 6.07) is 13.1. The van der Waals surface area contributed by atoms with Crippen LogP contribution < -0.4 is 20.1 Å². The number of methoxy groups -OCH3 is 1. The second-order valence-electron chi connectivity index (χ2n) is 7.18. The first kappa shape index (κ1) is 19.9. The molecule has 0 aliphatic carbocycles. The van der Waals surface area contributed by atoms with E-state index < -0.39 is 5.76 Å². The van der Waals surface area contributed by atoms with Crippen molar-refractivity contribution < 1.29 is 13.9 Å². The van der Waals surface area contributed by atoms with E-state index in [1.54, 1.807) is 25.3 Å². The Morgan fingerprint density at radius 1 is 1.17 bits per heavy atom. The van der Waals surface area contributed by atoms with Crippen molar-refractivity contribution in [3.63, 3.8) is 0 Å². The lowest BCUT2D eigenvalue weighted by atomic mass is 10.2. The molecule has 1 aliphatic heterocycles. The van der Waals surface area contributed by atoms with E-state index in [4.69, 9.17) is 19.2 Å². The number of H-pyrrole nitrogens is 1. The molecule has 1 aromatic heterocycles. The molecule has 0 saturated carbocycles. The van der Waals surface area contributed by atoms with Crippen LogP contribution in [0.1, 0.15) is 12.0 Å². The van der Waals surface area contributed by atoms with Crippen LogP contribution in [-0.4, -0.2) is 56.3 Å². The summed E-state index contributed by atoms with van der Waals surface area (Å²) in [4.78, 5) is 18.9. The van der Waals surface area contributed by atoms with Gasteiger partial charge in [-0.25, -0.2) is 4.79 Å². The lowest BCUT2D eigenvalue weighted by Crippen LogP contribution is -2.46. The minimum atomic E-state index is -0.423. The van der Waals surface area contributed by atoms with Crippen LogP contribution >= 0.6 is 0 Å². The number of nitriles is 1. The van der Waals surface area contributed by atoms with Gasteiger partial charge in [0.1, 0.15) is 0 Å². The van der Waals surface area contributed by atoms with Gasteiger partial charge in [-0.2, -0.15) is 5.26 Å². The molecule has 0 atom stereocenters. The van der Waals surface area contributed by atoms with Gasteiger partial charge in [0.05, 0.1) is 36.6 Å². The van der Waals surface area contributed by atoms with Gasteiger partial charge in [-0.3, -0.25) is 9.88 Å². The molecular formula is C22H24N4O4. The predicted molar refractivity (Wildman–Crippen MR) is 113 cm³/mol. The van der Waals surface area contributed by atoms with Crippen LogP contribution in [0.2, 0.25) is 0 Å². The van der Waals surface area contributed by atoms with Crippen molar-refractivity contribution in [1.82, 2.24) is 9.88 Å². The van der Waals surface area contributed by atoms with Crippen molar-refractivity contribution >= 4 is 16.8 Å². The van der Waals surface area contributed by atoms with Gasteiger partial charge in [0.2, 0.25) is 0 Å². The van der Waals surface area contributed by atoms with Crippen molar-refractivity contribution in [1.29, 1.82) is 5.26 Å². The maximum atomic E-state index is 11.5. The molecule has 0 spiro atoms. The zero-order chi connectivity index (χ0) is 20.9. The molecule has 8 heteroatoms. The van der Waals surface area contributed by atoms with Crippen LogP contribution in [0.25, 0.3) is 11.1 Å². The van der Waals surface area contributed by atoms with E-state index in [1.807, 2.05) is 18.2 Å². The number of aromatic nitrogens is 1. The summed E-state index contributed by atoms with van der Waals surface area (Å²) in [5.41, 5.74) is 2.86. The van der Waals surface area contributed by atoms with Gasteiger partial charge in [0.15, 0.2) is 17.1 Å². The van der Waals surface area contributed by atoms with Crippen LogP contribution in [0.5, 0.6) is 11.5 Å². The number of oxazole rings is 1. The Kier molecular flexibility index (Phi) is 5.91. The highest BCUT2D eigenvalue weighted by Gasteiger charge is 2.20. The first-order chi connectivity index (χ1) is 14.7. The molecule has 1 saturated heterocycles. The number of fused-ring (bicyclic) bond motifs is 1. The normalized spacial score (nSPS) is 14.6. The summed E-state index contributed by atoms with van der Waals surface area (Å²) in [5.74, 6) is 0.809. The molecule has 0 unspecified atom stereocenters. The summed E-state index contributed by atoms with van der Waals surface area (Å²) in [7, 11) is 1.59. The van der Waals surface area contributed by atoms with Crippen molar-refractivity contribution in [2.75, 3.05) is 51.3 Å². The highest BCUT2D eigenvalue weighted by atomic mass is 16.5. The Labute approximate surface area is 174 Å². The maximum absolute atomic E-state index is 11.5. The van der Waals surface area contributed by atoms with Crippen molar-refractivity contribution in [3.05, 3.63) is 52.5 Å². The Morgan fingerprint density at radius 3 is 2.77 bits per heavy atom. The fourth-order valence-corrected chi connectivity index (χ4v) is 3.75. The largest absolute Gasteiger partial charge is 0.493 e. The monoisotopic (exact) mass is 408 g/mol. The molecule has 1 aliphatic rings. The first-order valence-electron chi connectivity index (χ1n) is 9.98. The number of nitrogens with zero attached hydrogens (tertiary/aromatic N) is 3. The molecular weight excluding hydrogens is 384 g/mol. The Morgan fingerprint density at radius 2 is 2.00 bits per heavy atom. The number of nitrogens with one attached hydrogen (secondary N) is 1. The van der Waals surface area contributed by atoms with E-state index >= 15 is 0 Å². The fraction of sp³-hybridized carbons (Fsp3) is 0.364. The summed E-state index contributed by atoms with van der Waals surface area (Å²) >= 11 is 0. The van der Waals surface area contributed by atoms with Gasteiger partial charge < -0.3 is 18.8 Å². The minimum absolute atomic E-state index is 0.423. The number of para-hydroxylation sites is 1. The van der Waals surface area contributed by atoms with Gasteiger partial charge in [-0.05, 0) is 30.7 Å². The van der Waals surface area contributed by atoms with E-state index in [0.717, 1.165) is 50.3 Å². The lowest BCUT2D eigenvalue weighted by Gasteiger charge is -2.36. The average molecular weight is 408 g/mol. The molecule has 0 amide bonds. The Balaban J connectivity index is 1.27. The molecule has 1 N–H and O–H groups in total. The van der Waals surface area contributed by atoms with E-state index in [9.17, 15) is 4.79 Å². The zero-order valence-corrected chi connectivity index (χ0v) is 16.9. The van der Waals surface area contributed by atoms with Crippen LogP contribution in [-0.2, 0) is 0 Å². The molecule has 3 aromatic rings. The van der Waals surface area contributed by atoms with E-state index in [1.165, 1.54) is 0 Å². The third kappa shape index (κ3) is 4.26.